The fourth-order valence-corrected chi connectivity index (χ4v) is 3.16. The third-order valence-electron chi connectivity index (χ3n) is 4.48. The predicted octanol–water partition coefficient (Wildman–Crippen LogP) is 1.63. The van der Waals surface area contributed by atoms with Crippen molar-refractivity contribution in [1.29, 1.82) is 0 Å². The van der Waals surface area contributed by atoms with Crippen LogP contribution in [0.4, 0.5) is 0 Å². The summed E-state index contributed by atoms with van der Waals surface area (Å²) >= 11 is 0. The van der Waals surface area contributed by atoms with Gasteiger partial charge in [-0.05, 0) is 33.7 Å². The van der Waals surface area contributed by atoms with Crippen LogP contribution in [-0.4, -0.2) is 49.3 Å². The van der Waals surface area contributed by atoms with E-state index in [-0.39, 0.29) is 0 Å². The summed E-state index contributed by atoms with van der Waals surface area (Å²) < 4.78 is 5.91. The maximum Gasteiger partial charge on any atom is 0.0731 e. The quantitative estimate of drug-likeness (QED) is 0.791. The number of likely N-dealkylation sites (N-methyl/N-ethyl adjacent to an activating group) is 1. The highest BCUT2D eigenvalue weighted by Gasteiger charge is 2.37. The number of ether oxygens (including phenoxy) is 1. The van der Waals surface area contributed by atoms with Gasteiger partial charge in [-0.15, -0.1) is 0 Å². The molecule has 1 saturated heterocycles. The van der Waals surface area contributed by atoms with Gasteiger partial charge in [0.05, 0.1) is 12.7 Å². The predicted molar refractivity (Wildman–Crippen MR) is 66.7 cm³/mol. The Morgan fingerprint density at radius 3 is 2.75 bits per heavy atom. The molecule has 4 unspecified atom stereocenters. The van der Waals surface area contributed by atoms with E-state index < -0.39 is 0 Å². The number of morpholine rings is 1. The van der Waals surface area contributed by atoms with Gasteiger partial charge in [0.1, 0.15) is 0 Å². The Hall–Kier alpha value is -0.120. The minimum Gasteiger partial charge on any atom is -0.375 e. The van der Waals surface area contributed by atoms with Crippen molar-refractivity contribution in [1.82, 2.24) is 10.2 Å². The summed E-state index contributed by atoms with van der Waals surface area (Å²) in [5.74, 6) is 0. The highest BCUT2D eigenvalue weighted by molar-refractivity contribution is 4.91. The lowest BCUT2D eigenvalue weighted by molar-refractivity contribution is -0.103. The van der Waals surface area contributed by atoms with Crippen molar-refractivity contribution in [2.75, 3.05) is 20.2 Å². The molecule has 0 radical (unpaired) electrons. The number of nitrogens with one attached hydrogen (secondary N) is 1. The lowest BCUT2D eigenvalue weighted by atomic mass is 9.88. The molecule has 16 heavy (non-hydrogen) atoms. The molecule has 0 aromatic carbocycles. The van der Waals surface area contributed by atoms with Gasteiger partial charge in [0, 0.05) is 24.7 Å². The average molecular weight is 226 g/mol. The second-order valence-corrected chi connectivity index (χ2v) is 5.32. The topological polar surface area (TPSA) is 24.5 Å². The fourth-order valence-electron chi connectivity index (χ4n) is 3.16. The van der Waals surface area contributed by atoms with E-state index in [1.54, 1.807) is 0 Å². The highest BCUT2D eigenvalue weighted by Crippen LogP contribution is 2.30. The zero-order valence-electron chi connectivity index (χ0n) is 10.9. The van der Waals surface area contributed by atoms with Crippen molar-refractivity contribution >= 4 is 0 Å². The maximum absolute atomic E-state index is 5.91. The molecule has 3 nitrogen and oxygen atoms in total. The molecule has 0 spiro atoms. The first-order valence-electron chi connectivity index (χ1n) is 6.78. The van der Waals surface area contributed by atoms with Crippen LogP contribution < -0.4 is 5.32 Å². The van der Waals surface area contributed by atoms with E-state index in [1.165, 1.54) is 25.7 Å². The molecule has 1 heterocycles. The number of nitrogens with zero attached hydrogens (tertiary/aromatic N) is 1. The van der Waals surface area contributed by atoms with Crippen molar-refractivity contribution < 1.29 is 4.74 Å². The Kier molecular flexibility index (Phi) is 4.22. The Balaban J connectivity index is 2.01. The average Bonchev–Trinajstić information content (AvgIpc) is 2.36. The zero-order valence-corrected chi connectivity index (χ0v) is 10.9. The van der Waals surface area contributed by atoms with E-state index in [9.17, 15) is 0 Å². The van der Waals surface area contributed by atoms with Crippen molar-refractivity contribution in [3.8, 4) is 0 Å². The van der Waals surface area contributed by atoms with Gasteiger partial charge in [0.15, 0.2) is 0 Å². The molecule has 4 atom stereocenters. The molecule has 2 rings (SSSR count). The molecule has 0 aromatic rings. The Labute approximate surface area is 99.5 Å². The van der Waals surface area contributed by atoms with E-state index in [0.29, 0.717) is 24.2 Å². The van der Waals surface area contributed by atoms with Crippen LogP contribution in [0.15, 0.2) is 0 Å². The largest absolute Gasteiger partial charge is 0.375 e. The summed E-state index contributed by atoms with van der Waals surface area (Å²) in [6.45, 7) is 6.65. The normalized spacial score (nSPS) is 35.4. The van der Waals surface area contributed by atoms with Gasteiger partial charge in [-0.3, -0.25) is 4.90 Å². The van der Waals surface area contributed by atoms with E-state index in [4.69, 9.17) is 4.74 Å². The molecule has 1 aliphatic heterocycles. The molecule has 0 amide bonds. The molecule has 0 bridgehead atoms. The molecule has 3 heteroatoms. The SMILES string of the molecule is CNC(C)C(C)N1CCOC2CCCCC21. The van der Waals surface area contributed by atoms with Crippen LogP contribution in [0.3, 0.4) is 0 Å². The monoisotopic (exact) mass is 226 g/mol. The lowest BCUT2D eigenvalue weighted by Gasteiger charge is -2.47. The fraction of sp³-hybridized carbons (Fsp3) is 1.00. The Bertz CT molecular complexity index is 220. The minimum absolute atomic E-state index is 0.508. The molecule has 2 aliphatic rings. The molecule has 2 fully saturated rings. The molecule has 0 aromatic heterocycles. The first kappa shape index (κ1) is 12.3. The molecule has 94 valence electrons. The zero-order chi connectivity index (χ0) is 11.5. The van der Waals surface area contributed by atoms with Crippen LogP contribution in [0.2, 0.25) is 0 Å². The molecule has 1 saturated carbocycles. The summed E-state index contributed by atoms with van der Waals surface area (Å²) in [5, 5.41) is 3.38. The molecule has 1 N–H and O–H groups in total. The lowest BCUT2D eigenvalue weighted by Crippen LogP contribution is -2.59. The first-order chi connectivity index (χ1) is 7.74. The summed E-state index contributed by atoms with van der Waals surface area (Å²) in [4.78, 5) is 2.68. The molecule has 1 aliphatic carbocycles. The van der Waals surface area contributed by atoms with Gasteiger partial charge in [-0.2, -0.15) is 0 Å². The third-order valence-corrected chi connectivity index (χ3v) is 4.48. The first-order valence-corrected chi connectivity index (χ1v) is 6.78. The van der Waals surface area contributed by atoms with Crippen LogP contribution in [0.25, 0.3) is 0 Å². The summed E-state index contributed by atoms with van der Waals surface area (Å²) in [6.07, 6.45) is 5.83. The van der Waals surface area contributed by atoms with E-state index >= 15 is 0 Å². The number of hydrogen-bond donors (Lipinski definition) is 1. The Morgan fingerprint density at radius 2 is 2.00 bits per heavy atom. The van der Waals surface area contributed by atoms with Crippen molar-refractivity contribution in [3.05, 3.63) is 0 Å². The van der Waals surface area contributed by atoms with Crippen LogP contribution in [-0.2, 0) is 4.74 Å². The van der Waals surface area contributed by atoms with Crippen LogP contribution in [0.1, 0.15) is 39.5 Å². The molecular formula is C13H26N2O. The summed E-state index contributed by atoms with van der Waals surface area (Å²) in [5.41, 5.74) is 0. The van der Waals surface area contributed by atoms with Gasteiger partial charge in [-0.25, -0.2) is 0 Å². The van der Waals surface area contributed by atoms with Gasteiger partial charge in [-0.1, -0.05) is 12.8 Å². The third kappa shape index (κ3) is 2.41. The van der Waals surface area contributed by atoms with E-state index in [1.807, 2.05) is 0 Å². The Morgan fingerprint density at radius 1 is 1.25 bits per heavy atom. The summed E-state index contributed by atoms with van der Waals surface area (Å²) in [7, 11) is 2.06. The number of rotatable bonds is 3. The number of fused-ring (bicyclic) bond motifs is 1. The van der Waals surface area contributed by atoms with Gasteiger partial charge < -0.3 is 10.1 Å². The van der Waals surface area contributed by atoms with E-state index in [2.05, 4.69) is 31.1 Å². The highest BCUT2D eigenvalue weighted by atomic mass is 16.5. The van der Waals surface area contributed by atoms with Crippen molar-refractivity contribution in [3.63, 3.8) is 0 Å². The van der Waals surface area contributed by atoms with Gasteiger partial charge >= 0.3 is 0 Å². The minimum atomic E-state index is 0.508. The second kappa shape index (κ2) is 5.48. The van der Waals surface area contributed by atoms with Crippen molar-refractivity contribution in [2.24, 2.45) is 0 Å². The van der Waals surface area contributed by atoms with Crippen LogP contribution >= 0.6 is 0 Å². The van der Waals surface area contributed by atoms with Crippen LogP contribution in [0.5, 0.6) is 0 Å². The molecular weight excluding hydrogens is 200 g/mol. The maximum atomic E-state index is 5.91. The van der Waals surface area contributed by atoms with Gasteiger partial charge in [0.25, 0.3) is 0 Å². The van der Waals surface area contributed by atoms with Crippen LogP contribution in [0, 0.1) is 0 Å². The standard InChI is InChI=1S/C13H26N2O/c1-10(14-3)11(2)15-8-9-16-13-7-5-4-6-12(13)15/h10-14H,4-9H2,1-3H3. The summed E-state index contributed by atoms with van der Waals surface area (Å²) in [6, 6.07) is 1.84. The number of hydrogen-bond acceptors (Lipinski definition) is 3. The van der Waals surface area contributed by atoms with Crippen molar-refractivity contribution in [2.45, 2.75) is 63.8 Å². The van der Waals surface area contributed by atoms with E-state index in [0.717, 1.165) is 13.2 Å². The van der Waals surface area contributed by atoms with Gasteiger partial charge in [0.2, 0.25) is 0 Å². The smallest absolute Gasteiger partial charge is 0.0731 e. The second-order valence-electron chi connectivity index (χ2n) is 5.32.